The third-order valence-electron chi connectivity index (χ3n) is 2.33. The summed E-state index contributed by atoms with van der Waals surface area (Å²) in [5, 5.41) is 2.52. The molecule has 0 fully saturated rings. The number of anilines is 1. The van der Waals surface area contributed by atoms with E-state index in [0.29, 0.717) is 11.3 Å². The van der Waals surface area contributed by atoms with E-state index < -0.39 is 24.4 Å². The smallest absolute Gasteiger partial charge is 0.331 e. The third-order valence-corrected chi connectivity index (χ3v) is 2.33. The van der Waals surface area contributed by atoms with Gasteiger partial charge in [0.2, 0.25) is 5.91 Å². The molecule has 0 aliphatic carbocycles. The predicted molar refractivity (Wildman–Crippen MR) is 78.5 cm³/mol. The Labute approximate surface area is 122 Å². The lowest BCUT2D eigenvalue weighted by molar-refractivity contribution is -0.142. The van der Waals surface area contributed by atoms with Crippen molar-refractivity contribution in [2.45, 2.75) is 6.92 Å². The van der Waals surface area contributed by atoms with E-state index in [1.165, 1.54) is 36.4 Å². The molecule has 0 radical (unpaired) electrons. The topological polar surface area (TPSA) is 98.5 Å². The van der Waals surface area contributed by atoms with Crippen LogP contribution in [0.25, 0.3) is 0 Å². The summed E-state index contributed by atoms with van der Waals surface area (Å²) in [7, 11) is 0. The number of carbonyl (C=O) groups excluding carboxylic acids is 3. The fraction of sp³-hybridized carbons (Fsp3) is 0.133. The van der Waals surface area contributed by atoms with Gasteiger partial charge in [0, 0.05) is 17.3 Å². The summed E-state index contributed by atoms with van der Waals surface area (Å²) in [4.78, 5) is 33.7. The molecule has 6 heteroatoms. The normalized spacial score (nSPS) is 10.7. The molecule has 1 aromatic carbocycles. The van der Waals surface area contributed by atoms with Gasteiger partial charge in [-0.25, -0.2) is 4.79 Å². The maximum atomic E-state index is 11.5. The summed E-state index contributed by atoms with van der Waals surface area (Å²) in [6.45, 7) is 1.42. The van der Waals surface area contributed by atoms with Gasteiger partial charge in [0.15, 0.2) is 6.61 Å². The van der Waals surface area contributed by atoms with Crippen LogP contribution in [0.5, 0.6) is 0 Å². The van der Waals surface area contributed by atoms with Crippen LogP contribution in [0, 0.1) is 0 Å². The highest BCUT2D eigenvalue weighted by Gasteiger charge is 2.06. The van der Waals surface area contributed by atoms with Crippen LogP contribution in [0.15, 0.2) is 48.6 Å². The first-order chi connectivity index (χ1) is 10.0. The van der Waals surface area contributed by atoms with E-state index in [4.69, 9.17) is 10.5 Å². The minimum Gasteiger partial charge on any atom is -0.452 e. The molecular weight excluding hydrogens is 272 g/mol. The van der Waals surface area contributed by atoms with Crippen molar-refractivity contribution in [2.75, 3.05) is 11.9 Å². The number of nitrogens with one attached hydrogen (secondary N) is 1. The quantitative estimate of drug-likeness (QED) is 0.469. The standard InChI is InChI=1S/C15H16N2O4/c1-2-3-4-5-14(19)21-10-13(18)17-12-8-6-11(7-9-12)15(16)20/h2-9H,10H2,1H3,(H2,16,20)(H,17,18). The average molecular weight is 288 g/mol. The molecule has 2 amide bonds. The molecule has 1 aromatic rings. The molecule has 0 atom stereocenters. The van der Waals surface area contributed by atoms with E-state index in [9.17, 15) is 14.4 Å². The van der Waals surface area contributed by atoms with Gasteiger partial charge in [0.1, 0.15) is 0 Å². The average Bonchev–Trinajstić information content (AvgIpc) is 2.46. The van der Waals surface area contributed by atoms with Gasteiger partial charge in [0.25, 0.3) is 5.91 Å². The second kappa shape index (κ2) is 8.31. The summed E-state index contributed by atoms with van der Waals surface area (Å²) < 4.78 is 4.74. The third kappa shape index (κ3) is 6.20. The summed E-state index contributed by atoms with van der Waals surface area (Å²) in [5.74, 6) is -1.63. The van der Waals surface area contributed by atoms with Crippen molar-refractivity contribution in [3.8, 4) is 0 Å². The Bertz CT molecular complexity index is 574. The molecule has 21 heavy (non-hydrogen) atoms. The van der Waals surface area contributed by atoms with E-state index >= 15 is 0 Å². The molecule has 0 aromatic heterocycles. The van der Waals surface area contributed by atoms with E-state index in [1.54, 1.807) is 12.2 Å². The zero-order valence-electron chi connectivity index (χ0n) is 11.5. The first-order valence-electron chi connectivity index (χ1n) is 6.18. The van der Waals surface area contributed by atoms with Crippen molar-refractivity contribution >= 4 is 23.5 Å². The Balaban J connectivity index is 2.43. The predicted octanol–water partition coefficient (Wildman–Crippen LogP) is 1.40. The Morgan fingerprint density at radius 1 is 1.19 bits per heavy atom. The molecule has 6 nitrogen and oxygen atoms in total. The number of benzene rings is 1. The molecule has 1 rings (SSSR count). The Kier molecular flexibility index (Phi) is 6.40. The van der Waals surface area contributed by atoms with E-state index in [-0.39, 0.29) is 0 Å². The molecular formula is C15H16N2O4. The van der Waals surface area contributed by atoms with Gasteiger partial charge in [-0.2, -0.15) is 0 Å². The van der Waals surface area contributed by atoms with Crippen LogP contribution in [0.2, 0.25) is 0 Å². The fourth-order valence-electron chi connectivity index (χ4n) is 1.34. The maximum Gasteiger partial charge on any atom is 0.331 e. The highest BCUT2D eigenvalue weighted by molar-refractivity contribution is 5.95. The number of allylic oxidation sites excluding steroid dienone is 3. The number of esters is 1. The Hall–Kier alpha value is -2.89. The summed E-state index contributed by atoms with van der Waals surface area (Å²) >= 11 is 0. The highest BCUT2D eigenvalue weighted by atomic mass is 16.5. The van der Waals surface area contributed by atoms with Crippen LogP contribution >= 0.6 is 0 Å². The number of amides is 2. The first kappa shape index (κ1) is 16.2. The summed E-state index contributed by atoms with van der Waals surface area (Å²) in [5.41, 5.74) is 5.92. The lowest BCUT2D eigenvalue weighted by Crippen LogP contribution is -2.20. The lowest BCUT2D eigenvalue weighted by Gasteiger charge is -2.05. The molecule has 3 N–H and O–H groups in total. The molecule has 0 aliphatic heterocycles. The zero-order chi connectivity index (χ0) is 15.7. The van der Waals surface area contributed by atoms with Crippen LogP contribution in [-0.2, 0) is 14.3 Å². The number of primary amides is 1. The van der Waals surface area contributed by atoms with E-state index in [0.717, 1.165) is 0 Å². The van der Waals surface area contributed by atoms with Crippen molar-refractivity contribution in [3.05, 3.63) is 54.1 Å². The van der Waals surface area contributed by atoms with Crippen molar-refractivity contribution < 1.29 is 19.1 Å². The zero-order valence-corrected chi connectivity index (χ0v) is 11.5. The molecule has 0 saturated heterocycles. The largest absolute Gasteiger partial charge is 0.452 e. The summed E-state index contributed by atoms with van der Waals surface area (Å²) in [6.07, 6.45) is 6.16. The van der Waals surface area contributed by atoms with Crippen LogP contribution in [0.4, 0.5) is 5.69 Å². The van der Waals surface area contributed by atoms with Gasteiger partial charge >= 0.3 is 5.97 Å². The number of carbonyl (C=O) groups is 3. The summed E-state index contributed by atoms with van der Waals surface area (Å²) in [6, 6.07) is 6.05. The molecule has 0 saturated carbocycles. The van der Waals surface area contributed by atoms with Gasteiger partial charge in [0.05, 0.1) is 0 Å². The van der Waals surface area contributed by atoms with Crippen molar-refractivity contribution in [1.82, 2.24) is 0 Å². The van der Waals surface area contributed by atoms with Gasteiger partial charge in [-0.05, 0) is 31.2 Å². The molecule has 110 valence electrons. The molecule has 0 unspecified atom stereocenters. The second-order valence-electron chi connectivity index (χ2n) is 3.98. The molecule has 0 spiro atoms. The minimum atomic E-state index is -0.604. The Morgan fingerprint density at radius 2 is 1.86 bits per heavy atom. The van der Waals surface area contributed by atoms with Crippen molar-refractivity contribution in [2.24, 2.45) is 5.73 Å². The maximum absolute atomic E-state index is 11.5. The van der Waals surface area contributed by atoms with Gasteiger partial charge in [-0.15, -0.1) is 0 Å². The van der Waals surface area contributed by atoms with Crippen molar-refractivity contribution in [3.63, 3.8) is 0 Å². The minimum absolute atomic E-state index is 0.341. The number of rotatable bonds is 6. The van der Waals surface area contributed by atoms with Crippen LogP contribution in [0.3, 0.4) is 0 Å². The second-order valence-corrected chi connectivity index (χ2v) is 3.98. The molecule has 0 aliphatic rings. The van der Waals surface area contributed by atoms with E-state index in [1.807, 2.05) is 6.92 Å². The van der Waals surface area contributed by atoms with Gasteiger partial charge in [-0.1, -0.05) is 18.2 Å². The number of ether oxygens (including phenoxy) is 1. The van der Waals surface area contributed by atoms with Gasteiger partial charge in [-0.3, -0.25) is 9.59 Å². The van der Waals surface area contributed by atoms with Gasteiger partial charge < -0.3 is 15.8 Å². The highest BCUT2D eigenvalue weighted by Crippen LogP contribution is 2.08. The number of hydrogen-bond acceptors (Lipinski definition) is 4. The van der Waals surface area contributed by atoms with Crippen LogP contribution < -0.4 is 11.1 Å². The fourth-order valence-corrected chi connectivity index (χ4v) is 1.34. The lowest BCUT2D eigenvalue weighted by atomic mass is 10.2. The van der Waals surface area contributed by atoms with Crippen LogP contribution in [0.1, 0.15) is 17.3 Å². The van der Waals surface area contributed by atoms with Crippen LogP contribution in [-0.4, -0.2) is 24.4 Å². The monoisotopic (exact) mass is 288 g/mol. The number of hydrogen-bond donors (Lipinski definition) is 2. The van der Waals surface area contributed by atoms with E-state index in [2.05, 4.69) is 5.32 Å². The SMILES string of the molecule is CC=CC=CC(=O)OCC(=O)Nc1ccc(C(N)=O)cc1. The Morgan fingerprint density at radius 3 is 2.43 bits per heavy atom. The first-order valence-corrected chi connectivity index (χ1v) is 6.18. The van der Waals surface area contributed by atoms with Crippen molar-refractivity contribution in [1.29, 1.82) is 0 Å². The number of nitrogens with two attached hydrogens (primary N) is 1. The molecule has 0 bridgehead atoms. The molecule has 0 heterocycles.